The number of hydrogen-bond acceptors (Lipinski definition) is 13. The van der Waals surface area contributed by atoms with Gasteiger partial charge in [0.05, 0.1) is 18.2 Å². The first kappa shape index (κ1) is 37.3. The van der Waals surface area contributed by atoms with Crippen molar-refractivity contribution in [2.75, 3.05) is 48.3 Å². The summed E-state index contributed by atoms with van der Waals surface area (Å²) in [6, 6.07) is 16.6. The number of rotatable bonds is 15. The molecule has 3 N–H and O–H groups in total. The highest BCUT2D eigenvalue weighted by atomic mass is 16.3. The fourth-order valence-electron chi connectivity index (χ4n) is 7.48. The van der Waals surface area contributed by atoms with Crippen LogP contribution in [-0.4, -0.2) is 89.9 Å². The van der Waals surface area contributed by atoms with Gasteiger partial charge in [-0.15, -0.1) is 15.3 Å². The second kappa shape index (κ2) is 17.0. The minimum Gasteiger partial charge on any atom is -0.467 e. The number of carbonyl (C=O) groups excluding carboxylic acids is 3. The number of furan rings is 1. The quantitative estimate of drug-likeness (QED) is 0.0994. The highest BCUT2D eigenvalue weighted by molar-refractivity contribution is 5.99. The van der Waals surface area contributed by atoms with Crippen LogP contribution in [-0.2, 0) is 20.9 Å². The van der Waals surface area contributed by atoms with Crippen LogP contribution in [0.2, 0.25) is 0 Å². The summed E-state index contributed by atoms with van der Waals surface area (Å²) in [4.78, 5) is 59.3. The first-order valence-corrected chi connectivity index (χ1v) is 19.5. The first-order chi connectivity index (χ1) is 27.9. The molecule has 2 aliphatic rings. The Bertz CT molecular complexity index is 2420. The molecule has 0 spiro atoms. The number of unbranched alkanes of at least 4 members (excludes halogenated alkanes) is 4. The molecule has 2 fully saturated rings. The number of nitrogens with zero attached hydrogens (tertiary/aromatic N) is 9. The van der Waals surface area contributed by atoms with E-state index in [9.17, 15) is 19.2 Å². The maximum absolute atomic E-state index is 13.4. The summed E-state index contributed by atoms with van der Waals surface area (Å²) in [5, 5.41) is 25.9. The van der Waals surface area contributed by atoms with Gasteiger partial charge in [0, 0.05) is 68.7 Å². The van der Waals surface area contributed by atoms with Crippen LogP contribution in [0.4, 0.5) is 17.3 Å². The molecule has 294 valence electrons. The van der Waals surface area contributed by atoms with Gasteiger partial charge in [0.1, 0.15) is 23.6 Å². The van der Waals surface area contributed by atoms with Gasteiger partial charge in [-0.3, -0.25) is 28.9 Å². The molecule has 17 heteroatoms. The Labute approximate surface area is 327 Å². The van der Waals surface area contributed by atoms with Gasteiger partial charge in [-0.25, -0.2) is 4.98 Å². The summed E-state index contributed by atoms with van der Waals surface area (Å²) < 4.78 is 8.33. The Kier molecular flexibility index (Phi) is 11.1. The fourth-order valence-corrected chi connectivity index (χ4v) is 7.48. The molecule has 0 aliphatic carbocycles. The topological polar surface area (TPSA) is 198 Å². The highest BCUT2D eigenvalue weighted by Gasteiger charge is 2.30. The van der Waals surface area contributed by atoms with Crippen LogP contribution in [0.3, 0.4) is 0 Å². The molecule has 17 nitrogen and oxygen atoms in total. The Balaban J connectivity index is 0.746. The Morgan fingerprint density at radius 1 is 0.895 bits per heavy atom. The third-order valence-corrected chi connectivity index (χ3v) is 10.6. The zero-order valence-electron chi connectivity index (χ0n) is 31.5. The number of anilines is 3. The average molecular weight is 773 g/mol. The number of nitrogens with one attached hydrogen (secondary N) is 3. The summed E-state index contributed by atoms with van der Waals surface area (Å²) in [5.74, 6) is 0.744. The molecule has 1 atom stereocenters. The van der Waals surface area contributed by atoms with Gasteiger partial charge in [0.25, 0.3) is 11.5 Å². The predicted octanol–water partition coefficient (Wildman–Crippen LogP) is 4.18. The van der Waals surface area contributed by atoms with E-state index in [0.29, 0.717) is 60.8 Å². The van der Waals surface area contributed by atoms with Crippen LogP contribution in [0.5, 0.6) is 0 Å². The lowest BCUT2D eigenvalue weighted by Gasteiger charge is -2.36. The van der Waals surface area contributed by atoms with Crippen molar-refractivity contribution in [3.05, 3.63) is 89.5 Å². The molecular weight excluding hydrogens is 729 g/mol. The number of imide groups is 1. The number of carbonyl (C=O) groups is 3. The van der Waals surface area contributed by atoms with Crippen molar-refractivity contribution in [3.63, 3.8) is 0 Å². The molecule has 6 aromatic rings. The van der Waals surface area contributed by atoms with Gasteiger partial charge >= 0.3 is 0 Å². The Morgan fingerprint density at radius 2 is 1.72 bits per heavy atom. The molecule has 3 amide bonds. The lowest BCUT2D eigenvalue weighted by Crippen LogP contribution is -2.48. The molecule has 1 unspecified atom stereocenters. The van der Waals surface area contributed by atoms with Crippen LogP contribution >= 0.6 is 0 Å². The molecule has 4 aromatic heterocycles. The smallest absolute Gasteiger partial charge is 0.280 e. The lowest BCUT2D eigenvalue weighted by atomic mass is 10.1. The van der Waals surface area contributed by atoms with E-state index >= 15 is 0 Å². The lowest BCUT2D eigenvalue weighted by molar-refractivity contribution is -0.136. The minimum absolute atomic E-state index is 0.142. The van der Waals surface area contributed by atoms with Crippen molar-refractivity contribution in [1.29, 1.82) is 0 Å². The maximum Gasteiger partial charge on any atom is 0.280 e. The number of fused-ring (bicyclic) bond motifs is 2. The number of piperazine rings is 1. The van der Waals surface area contributed by atoms with Crippen LogP contribution < -0.4 is 26.4 Å². The first-order valence-electron chi connectivity index (χ1n) is 19.5. The zero-order chi connectivity index (χ0) is 39.1. The largest absolute Gasteiger partial charge is 0.467 e. The Morgan fingerprint density at radius 3 is 2.53 bits per heavy atom. The van der Waals surface area contributed by atoms with E-state index in [4.69, 9.17) is 4.42 Å². The summed E-state index contributed by atoms with van der Waals surface area (Å²) in [6.07, 6.45) is 10.7. The number of piperidine rings is 1. The van der Waals surface area contributed by atoms with Gasteiger partial charge in [-0.2, -0.15) is 4.68 Å². The predicted molar refractivity (Wildman–Crippen MR) is 212 cm³/mol. The van der Waals surface area contributed by atoms with Crippen LogP contribution in [0.1, 0.15) is 63.2 Å². The highest BCUT2D eigenvalue weighted by Crippen LogP contribution is 2.28. The zero-order valence-corrected chi connectivity index (χ0v) is 31.5. The Hall–Kier alpha value is -6.65. The van der Waals surface area contributed by atoms with Gasteiger partial charge < -0.3 is 24.9 Å². The summed E-state index contributed by atoms with van der Waals surface area (Å²) in [5.41, 5.74) is 4.36. The van der Waals surface area contributed by atoms with Crippen LogP contribution in [0.15, 0.2) is 82.6 Å². The van der Waals surface area contributed by atoms with Gasteiger partial charge in [0.15, 0.2) is 5.65 Å². The fraction of sp³-hybridized carbons (Fsp3) is 0.375. The average Bonchev–Trinajstić information content (AvgIpc) is 3.95. The van der Waals surface area contributed by atoms with Crippen molar-refractivity contribution in [1.82, 2.24) is 44.8 Å². The third kappa shape index (κ3) is 8.32. The molecule has 2 saturated heterocycles. The maximum atomic E-state index is 13.4. The normalized spacial score (nSPS) is 16.0. The minimum atomic E-state index is -0.870. The van der Waals surface area contributed by atoms with E-state index in [0.717, 1.165) is 72.4 Å². The monoisotopic (exact) mass is 772 g/mol. The van der Waals surface area contributed by atoms with E-state index in [-0.39, 0.29) is 24.7 Å². The SMILES string of the molecule is O=C1CCC(n2nnc3cccc(NCCCCCCCC(=O)N4CCN(c5ccc(-c6cnc(NCc7ccco7)n7cnnc67)cc5)CC4)c3c2=O)C(=O)N1. The molecule has 8 rings (SSSR count). The second-order valence-electron chi connectivity index (χ2n) is 14.3. The van der Waals surface area contributed by atoms with Crippen molar-refractivity contribution in [3.8, 4) is 11.1 Å². The third-order valence-electron chi connectivity index (χ3n) is 10.6. The van der Waals surface area contributed by atoms with Crippen molar-refractivity contribution in [2.24, 2.45) is 0 Å². The van der Waals surface area contributed by atoms with E-state index in [1.54, 1.807) is 18.7 Å². The molecule has 0 saturated carbocycles. The molecule has 57 heavy (non-hydrogen) atoms. The second-order valence-corrected chi connectivity index (χ2v) is 14.3. The van der Waals surface area contributed by atoms with Crippen molar-refractivity contribution in [2.45, 2.75) is 64.0 Å². The summed E-state index contributed by atoms with van der Waals surface area (Å²) in [7, 11) is 0. The number of amides is 3. The number of benzene rings is 2. The molecular formula is C40H44N12O5. The molecule has 0 radical (unpaired) electrons. The molecule has 6 heterocycles. The van der Waals surface area contributed by atoms with Gasteiger partial charge in [-0.1, -0.05) is 42.7 Å². The van der Waals surface area contributed by atoms with E-state index < -0.39 is 17.5 Å². The van der Waals surface area contributed by atoms with Gasteiger partial charge in [0.2, 0.25) is 17.8 Å². The standard InChI is InChI=1S/C40H44N12O5/c53-34-17-16-33(38(55)45-34)52-39(56)36-31(9-6-10-32(36)46-48-52)41-18-5-3-1-2-4-11-35(54)50-21-19-49(20-22-50)28-14-12-27(13-15-28)30-25-43-40(51-26-44-47-37(30)51)42-24-29-8-7-23-57-29/h6-10,12-15,23,25-26,33,41H,1-5,11,16-22,24H2,(H,42,43)(H,45,53,55). The van der Waals surface area contributed by atoms with E-state index in [2.05, 4.69) is 70.6 Å². The van der Waals surface area contributed by atoms with Crippen LogP contribution in [0, 0.1) is 0 Å². The van der Waals surface area contributed by atoms with Crippen molar-refractivity contribution >= 4 is 51.6 Å². The summed E-state index contributed by atoms with van der Waals surface area (Å²) in [6.45, 7) is 4.10. The molecule has 0 bridgehead atoms. The summed E-state index contributed by atoms with van der Waals surface area (Å²) >= 11 is 0. The molecule has 2 aliphatic heterocycles. The van der Waals surface area contributed by atoms with Crippen LogP contribution in [0.25, 0.3) is 27.7 Å². The number of hydrogen-bond donors (Lipinski definition) is 3. The van der Waals surface area contributed by atoms with E-state index in [1.807, 2.05) is 39.8 Å². The van der Waals surface area contributed by atoms with Crippen molar-refractivity contribution < 1.29 is 18.8 Å². The van der Waals surface area contributed by atoms with E-state index in [1.165, 1.54) is 0 Å². The molecule has 2 aromatic carbocycles. The van der Waals surface area contributed by atoms with Gasteiger partial charge in [-0.05, 0) is 61.2 Å². The number of aromatic nitrogens is 7.